The second-order valence-corrected chi connectivity index (χ2v) is 16.3. The number of hydrogen-bond acceptors (Lipinski definition) is 16. The number of fused-ring (bicyclic) bond motifs is 3. The molecule has 5 heterocycles. The predicted molar refractivity (Wildman–Crippen MR) is 220 cm³/mol. The predicted octanol–water partition coefficient (Wildman–Crippen LogP) is 9.58. The third-order valence-electron chi connectivity index (χ3n) is 8.53. The van der Waals surface area contributed by atoms with Gasteiger partial charge >= 0.3 is 17.5 Å². The minimum Gasteiger partial charge on any atom is -0.495 e. The van der Waals surface area contributed by atoms with Gasteiger partial charge in [0.1, 0.15) is 65.3 Å². The van der Waals surface area contributed by atoms with E-state index in [9.17, 15) is 30.6 Å². The highest BCUT2D eigenvalue weighted by molar-refractivity contribution is 7.29. The van der Waals surface area contributed by atoms with Crippen LogP contribution in [0.5, 0.6) is 17.2 Å². The molecule has 284 valence electrons. The lowest BCUT2D eigenvalue weighted by Gasteiger charge is -2.33. The summed E-state index contributed by atoms with van der Waals surface area (Å²) in [5, 5.41) is 37.8. The Labute approximate surface area is 347 Å². The van der Waals surface area contributed by atoms with Gasteiger partial charge in [-0.3, -0.25) is 0 Å². The first-order valence-electron chi connectivity index (χ1n) is 16.9. The Morgan fingerprint density at radius 3 is 1.81 bits per heavy atom. The lowest BCUT2D eigenvalue weighted by Crippen LogP contribution is -2.52. The topological polar surface area (TPSA) is 188 Å². The molecule has 16 heteroatoms. The number of nitrogens with zero attached hydrogens (tertiary/aromatic N) is 5. The van der Waals surface area contributed by atoms with Gasteiger partial charge in [-0.2, -0.15) is 21.0 Å². The van der Waals surface area contributed by atoms with E-state index < -0.39 is 17.5 Å². The molecule has 0 N–H and O–H groups in total. The van der Waals surface area contributed by atoms with Gasteiger partial charge in [-0.1, -0.05) is 60.7 Å². The monoisotopic (exact) mass is 839 g/mol. The zero-order chi connectivity index (χ0) is 40.8. The molecule has 0 bridgehead atoms. The molecule has 0 radical (unpaired) electrons. The molecule has 12 nitrogen and oxygen atoms in total. The summed E-state index contributed by atoms with van der Waals surface area (Å²) in [7, 11) is 2.97. The van der Waals surface area contributed by atoms with E-state index in [4.69, 9.17) is 23.7 Å². The summed E-state index contributed by atoms with van der Waals surface area (Å²) < 4.78 is 29.8. The van der Waals surface area contributed by atoms with Crippen LogP contribution in [0, 0.1) is 45.3 Å². The van der Waals surface area contributed by atoms with Crippen LogP contribution in [0.1, 0.15) is 21.6 Å². The van der Waals surface area contributed by atoms with Crippen molar-refractivity contribution >= 4 is 74.1 Å². The van der Waals surface area contributed by atoms with Gasteiger partial charge in [-0.25, -0.2) is 14.6 Å². The fourth-order valence-electron chi connectivity index (χ4n) is 5.85. The first-order valence-corrected chi connectivity index (χ1v) is 20.2. The third-order valence-corrected chi connectivity index (χ3v) is 13.4. The second kappa shape index (κ2) is 17.0. The van der Waals surface area contributed by atoms with Gasteiger partial charge in [-0.15, -0.1) is 45.3 Å². The molecule has 0 fully saturated rings. The van der Waals surface area contributed by atoms with Crippen molar-refractivity contribution in [3.8, 4) is 70.8 Å². The molecule has 4 aromatic heterocycles. The molecule has 0 atom stereocenters. The van der Waals surface area contributed by atoms with E-state index in [0.717, 1.165) is 0 Å². The highest BCUT2D eigenvalue weighted by Gasteiger charge is 2.59. The lowest BCUT2D eigenvalue weighted by atomic mass is 9.90. The minimum absolute atomic E-state index is 0.0965. The van der Waals surface area contributed by atoms with Gasteiger partial charge in [0, 0.05) is 27.5 Å². The fourth-order valence-corrected chi connectivity index (χ4v) is 10.6. The molecular weight excluding hydrogens is 815 g/mol. The van der Waals surface area contributed by atoms with Gasteiger partial charge in [0.2, 0.25) is 5.71 Å². The standard InChI is InChI=1S/C42H25N5O7S4/c1-50-30-14-28(13-26(18-43)19-44)55-37(30)33-15-29-36(56-33)39-32(16-34(57-39)38-31(51-2)17-35(58-38)47-27(20-45)21-46)54-42(29,40(48)52-22-24-9-5-3-6-10-24)41(49)53-23-25-11-7-4-8-12-25/h3-17H,22-23H2,1-2H3. The number of ether oxygens (including phenoxy) is 5. The quantitative estimate of drug-likeness (QED) is 0.0494. The van der Waals surface area contributed by atoms with Crippen LogP contribution < -0.4 is 14.2 Å². The molecule has 0 saturated heterocycles. The average molecular weight is 840 g/mol. The zero-order valence-electron chi connectivity index (χ0n) is 30.3. The largest absolute Gasteiger partial charge is 0.495 e. The van der Waals surface area contributed by atoms with Gasteiger partial charge in [0.05, 0.1) is 38.6 Å². The Balaban J connectivity index is 1.42. The van der Waals surface area contributed by atoms with Crippen molar-refractivity contribution in [2.75, 3.05) is 14.2 Å². The smallest absolute Gasteiger partial charge is 0.367 e. The maximum absolute atomic E-state index is 14.7. The van der Waals surface area contributed by atoms with Gasteiger partial charge in [-0.05, 0) is 29.3 Å². The van der Waals surface area contributed by atoms with Crippen LogP contribution in [-0.2, 0) is 37.9 Å². The molecule has 6 aromatic rings. The fraction of sp³-hybridized carbons (Fsp3) is 0.119. The number of rotatable bonds is 12. The van der Waals surface area contributed by atoms with Crippen LogP contribution >= 0.6 is 45.3 Å². The summed E-state index contributed by atoms with van der Waals surface area (Å²) in [5.41, 5.74) is -1.32. The number of aliphatic imine (C=N–C) groups is 1. The molecule has 1 aliphatic heterocycles. The van der Waals surface area contributed by atoms with E-state index >= 15 is 0 Å². The van der Waals surface area contributed by atoms with Crippen molar-refractivity contribution in [3.63, 3.8) is 0 Å². The second-order valence-electron chi connectivity index (χ2n) is 12.1. The molecule has 58 heavy (non-hydrogen) atoms. The molecular formula is C42H25N5O7S4. The Morgan fingerprint density at radius 1 is 0.690 bits per heavy atom. The van der Waals surface area contributed by atoms with Crippen molar-refractivity contribution in [2.45, 2.75) is 18.8 Å². The number of carbonyl (C=O) groups excluding carboxylic acids is 2. The number of hydrogen-bond donors (Lipinski definition) is 0. The van der Waals surface area contributed by atoms with Crippen molar-refractivity contribution in [1.82, 2.24) is 0 Å². The summed E-state index contributed by atoms with van der Waals surface area (Å²) in [4.78, 5) is 37.7. The van der Waals surface area contributed by atoms with Crippen LogP contribution in [0.3, 0.4) is 0 Å². The normalized spacial score (nSPS) is 11.8. The number of methoxy groups -OCH3 is 2. The van der Waals surface area contributed by atoms with Crippen molar-refractivity contribution in [1.29, 1.82) is 21.0 Å². The Kier molecular flexibility index (Phi) is 11.5. The summed E-state index contributed by atoms with van der Waals surface area (Å²) >= 11 is 5.02. The van der Waals surface area contributed by atoms with Crippen LogP contribution in [0.25, 0.3) is 35.3 Å². The first kappa shape index (κ1) is 39.2. The van der Waals surface area contributed by atoms with E-state index in [0.29, 0.717) is 61.8 Å². The van der Waals surface area contributed by atoms with Gasteiger partial charge in [0.15, 0.2) is 0 Å². The molecule has 0 unspecified atom stereocenters. The van der Waals surface area contributed by atoms with Crippen molar-refractivity contribution < 1.29 is 33.3 Å². The molecule has 1 aliphatic rings. The van der Waals surface area contributed by atoms with E-state index in [2.05, 4.69) is 4.99 Å². The Morgan fingerprint density at radius 2 is 1.24 bits per heavy atom. The molecule has 0 saturated carbocycles. The molecule has 0 spiro atoms. The minimum atomic E-state index is -2.44. The summed E-state index contributed by atoms with van der Waals surface area (Å²) in [6.45, 7) is -0.328. The van der Waals surface area contributed by atoms with E-state index in [1.807, 2.05) is 24.3 Å². The summed E-state index contributed by atoms with van der Waals surface area (Å²) in [6, 6.07) is 31.9. The van der Waals surface area contributed by atoms with Crippen LogP contribution in [0.15, 0.2) is 95.5 Å². The molecule has 0 aliphatic carbocycles. The average Bonchev–Trinajstić information content (AvgIpc) is 4.07. The van der Waals surface area contributed by atoms with E-state index in [1.165, 1.54) is 65.6 Å². The molecule has 2 aromatic carbocycles. The Bertz CT molecular complexity index is 2700. The number of benzene rings is 2. The maximum Gasteiger partial charge on any atom is 0.367 e. The highest BCUT2D eigenvalue weighted by Crippen LogP contribution is 2.59. The Hall–Kier alpha value is -7.05. The number of thiophene rings is 4. The third kappa shape index (κ3) is 7.57. The van der Waals surface area contributed by atoms with E-state index in [-0.39, 0.29) is 35.8 Å². The van der Waals surface area contributed by atoms with Crippen LogP contribution in [-0.4, -0.2) is 31.9 Å². The molecule has 7 rings (SSSR count). The zero-order valence-corrected chi connectivity index (χ0v) is 33.6. The first-order chi connectivity index (χ1) is 28.2. The number of allylic oxidation sites excluding steroid dienone is 1. The van der Waals surface area contributed by atoms with E-state index in [1.54, 1.807) is 84.9 Å². The van der Waals surface area contributed by atoms with Crippen molar-refractivity contribution in [3.05, 3.63) is 112 Å². The number of carbonyl (C=O) groups is 2. The summed E-state index contributed by atoms with van der Waals surface area (Å²) in [6.07, 6.45) is 1.45. The highest BCUT2D eigenvalue weighted by atomic mass is 32.1. The van der Waals surface area contributed by atoms with Crippen molar-refractivity contribution in [2.24, 2.45) is 4.99 Å². The SMILES string of the molecule is COc1cc(C=C(C#N)C#N)sc1-c1cc2c(s1)-c1sc(-c3sc(N=C(C#N)C#N)cc3OC)cc1OC2(C(=O)OCc1ccccc1)C(=O)OCc1ccccc1. The van der Waals surface area contributed by atoms with Gasteiger partial charge in [0.25, 0.3) is 0 Å². The summed E-state index contributed by atoms with van der Waals surface area (Å²) in [5.74, 6) is -0.956. The van der Waals surface area contributed by atoms with Crippen LogP contribution in [0.4, 0.5) is 5.00 Å². The van der Waals surface area contributed by atoms with Gasteiger partial charge < -0.3 is 23.7 Å². The lowest BCUT2D eigenvalue weighted by molar-refractivity contribution is -0.183. The number of nitriles is 4. The number of esters is 2. The maximum atomic E-state index is 14.7. The van der Waals surface area contributed by atoms with Crippen LogP contribution in [0.2, 0.25) is 0 Å². The molecule has 0 amide bonds.